The molecule has 0 radical (unpaired) electrons. The average Bonchev–Trinajstić information content (AvgIpc) is 2.95. The quantitative estimate of drug-likeness (QED) is 0.338. The van der Waals surface area contributed by atoms with Crippen LogP contribution >= 0.6 is 0 Å². The van der Waals surface area contributed by atoms with Crippen LogP contribution < -0.4 is 0 Å². The van der Waals surface area contributed by atoms with Crippen molar-refractivity contribution in [2.45, 2.75) is 26.3 Å². The molecule has 1 amide bonds. The van der Waals surface area contributed by atoms with Crippen LogP contribution in [0.15, 0.2) is 48.0 Å². The van der Waals surface area contributed by atoms with E-state index in [2.05, 4.69) is 0 Å². The molecule has 1 aliphatic heterocycles. The second-order valence-electron chi connectivity index (χ2n) is 7.23. The van der Waals surface area contributed by atoms with Crippen LogP contribution in [0.1, 0.15) is 34.7 Å². The molecule has 152 valence electrons. The van der Waals surface area contributed by atoms with Gasteiger partial charge in [0.05, 0.1) is 11.6 Å². The molecule has 1 heterocycles. The first-order chi connectivity index (χ1) is 13.8. The van der Waals surface area contributed by atoms with Crippen molar-refractivity contribution in [3.05, 3.63) is 70.3 Å². The van der Waals surface area contributed by atoms with Crippen molar-refractivity contribution in [1.29, 1.82) is 0 Å². The number of Topliss-reactive ketones (excluding diaryl/α,β-unsaturated/α-hetero) is 1. The summed E-state index contributed by atoms with van der Waals surface area (Å²) in [6, 6.07) is 11.0. The highest BCUT2D eigenvalue weighted by Gasteiger charge is 2.45. The number of aryl methyl sites for hydroxylation is 2. The van der Waals surface area contributed by atoms with Gasteiger partial charge in [0.2, 0.25) is 0 Å². The maximum atomic E-state index is 12.9. The lowest BCUT2D eigenvalue weighted by Gasteiger charge is -2.25. The van der Waals surface area contributed by atoms with E-state index in [9.17, 15) is 19.8 Å². The van der Waals surface area contributed by atoms with Crippen LogP contribution in [0.4, 0.5) is 0 Å². The fraction of sp³-hybridized carbons (Fsp3) is 0.304. The molecule has 0 aliphatic carbocycles. The number of carbonyl (C=O) groups excluding carboxylic acids is 2. The molecular weight excluding hydrogens is 370 g/mol. The molecule has 2 N–H and O–H groups in total. The number of carbonyl (C=O) groups is 2. The van der Waals surface area contributed by atoms with Crippen molar-refractivity contribution in [3.63, 3.8) is 0 Å². The Morgan fingerprint density at radius 2 is 1.76 bits per heavy atom. The topological polar surface area (TPSA) is 87.1 Å². The van der Waals surface area contributed by atoms with Gasteiger partial charge in [-0.15, -0.1) is 0 Å². The van der Waals surface area contributed by atoms with Gasteiger partial charge in [-0.2, -0.15) is 0 Å². The molecule has 6 nitrogen and oxygen atoms in total. The van der Waals surface area contributed by atoms with E-state index >= 15 is 0 Å². The monoisotopic (exact) mass is 395 g/mol. The maximum Gasteiger partial charge on any atom is 0.295 e. The summed E-state index contributed by atoms with van der Waals surface area (Å²) in [6.45, 7) is 4.65. The number of methoxy groups -OCH3 is 1. The van der Waals surface area contributed by atoms with E-state index in [1.807, 2.05) is 19.9 Å². The summed E-state index contributed by atoms with van der Waals surface area (Å²) in [4.78, 5) is 27.1. The van der Waals surface area contributed by atoms with Gasteiger partial charge in [-0.05, 0) is 55.2 Å². The number of aliphatic hydroxyl groups is 1. The Balaban J connectivity index is 2.13. The Morgan fingerprint density at radius 3 is 2.38 bits per heavy atom. The zero-order chi connectivity index (χ0) is 21.1. The number of amides is 1. The Morgan fingerprint density at radius 1 is 1.07 bits per heavy atom. The Labute approximate surface area is 170 Å². The SMILES string of the molecule is COCCCN1C(=O)C(=O)/C(=C(\O)c2ccc(C)c(C)c2)C1c1ccc(O)cc1. The molecule has 3 rings (SSSR count). The zero-order valence-electron chi connectivity index (χ0n) is 16.8. The summed E-state index contributed by atoms with van der Waals surface area (Å²) >= 11 is 0. The van der Waals surface area contributed by atoms with Crippen LogP contribution in [0.3, 0.4) is 0 Å². The van der Waals surface area contributed by atoms with Crippen molar-refractivity contribution >= 4 is 17.4 Å². The number of ketones is 1. The summed E-state index contributed by atoms with van der Waals surface area (Å²) in [6.07, 6.45) is 0.557. The van der Waals surface area contributed by atoms with Gasteiger partial charge in [-0.25, -0.2) is 0 Å². The predicted octanol–water partition coefficient (Wildman–Crippen LogP) is 3.47. The van der Waals surface area contributed by atoms with E-state index in [1.54, 1.807) is 31.4 Å². The van der Waals surface area contributed by atoms with Gasteiger partial charge in [-0.1, -0.05) is 24.3 Å². The van der Waals surface area contributed by atoms with Gasteiger partial charge >= 0.3 is 0 Å². The van der Waals surface area contributed by atoms with Crippen molar-refractivity contribution in [2.75, 3.05) is 20.3 Å². The minimum atomic E-state index is -0.728. The highest BCUT2D eigenvalue weighted by molar-refractivity contribution is 6.46. The third kappa shape index (κ3) is 4.03. The molecule has 1 aliphatic rings. The van der Waals surface area contributed by atoms with Gasteiger partial charge in [0.15, 0.2) is 0 Å². The van der Waals surface area contributed by atoms with E-state index in [4.69, 9.17) is 4.74 Å². The number of hydrogen-bond acceptors (Lipinski definition) is 5. The Hall–Kier alpha value is -3.12. The molecule has 1 fully saturated rings. The fourth-order valence-electron chi connectivity index (χ4n) is 3.54. The molecular formula is C23H25NO5. The van der Waals surface area contributed by atoms with Gasteiger partial charge in [0.1, 0.15) is 11.5 Å². The van der Waals surface area contributed by atoms with Gasteiger partial charge in [0, 0.05) is 25.8 Å². The number of benzene rings is 2. The van der Waals surface area contributed by atoms with Crippen LogP contribution in [0, 0.1) is 13.8 Å². The maximum absolute atomic E-state index is 12.9. The number of ether oxygens (including phenoxy) is 1. The zero-order valence-corrected chi connectivity index (χ0v) is 16.8. The summed E-state index contributed by atoms with van der Waals surface area (Å²) in [5.74, 6) is -1.47. The minimum absolute atomic E-state index is 0.0568. The first-order valence-electron chi connectivity index (χ1n) is 9.49. The van der Waals surface area contributed by atoms with Gasteiger partial charge in [0.25, 0.3) is 11.7 Å². The second-order valence-corrected chi connectivity index (χ2v) is 7.23. The number of nitrogens with zero attached hydrogens (tertiary/aromatic N) is 1. The van der Waals surface area contributed by atoms with Gasteiger partial charge < -0.3 is 19.8 Å². The number of aliphatic hydroxyl groups excluding tert-OH is 1. The molecule has 2 aromatic rings. The second kappa shape index (κ2) is 8.49. The van der Waals surface area contributed by atoms with Crippen LogP contribution in [-0.2, 0) is 14.3 Å². The number of rotatable bonds is 6. The molecule has 1 atom stereocenters. The normalized spacial score (nSPS) is 18.4. The van der Waals surface area contributed by atoms with E-state index in [0.29, 0.717) is 30.7 Å². The highest BCUT2D eigenvalue weighted by atomic mass is 16.5. The van der Waals surface area contributed by atoms with E-state index in [0.717, 1.165) is 11.1 Å². The first-order valence-corrected chi connectivity index (χ1v) is 9.49. The van der Waals surface area contributed by atoms with Crippen LogP contribution in [0.5, 0.6) is 5.75 Å². The van der Waals surface area contributed by atoms with Crippen molar-refractivity contribution in [3.8, 4) is 5.75 Å². The molecule has 1 saturated heterocycles. The van der Waals surface area contributed by atoms with Crippen LogP contribution in [0.25, 0.3) is 5.76 Å². The lowest BCUT2D eigenvalue weighted by Crippen LogP contribution is -2.31. The molecule has 0 bridgehead atoms. The first kappa shape index (κ1) is 20.6. The lowest BCUT2D eigenvalue weighted by molar-refractivity contribution is -0.140. The standard InChI is InChI=1S/C23H25NO5/c1-14-5-6-17(13-15(14)2)21(26)19-20(16-7-9-18(25)10-8-16)24(11-4-12-29-3)23(28)22(19)27/h5-10,13,20,25-26H,4,11-12H2,1-3H3/b21-19-. The molecule has 0 spiro atoms. The Bertz CT molecular complexity index is 962. The van der Waals surface area contributed by atoms with Crippen LogP contribution in [0.2, 0.25) is 0 Å². The summed E-state index contributed by atoms with van der Waals surface area (Å²) < 4.78 is 5.07. The predicted molar refractivity (Wildman–Crippen MR) is 110 cm³/mol. The highest BCUT2D eigenvalue weighted by Crippen LogP contribution is 2.40. The molecule has 2 aromatic carbocycles. The summed E-state index contributed by atoms with van der Waals surface area (Å²) in [7, 11) is 1.57. The largest absolute Gasteiger partial charge is 0.508 e. The molecule has 1 unspecified atom stereocenters. The number of hydrogen-bond donors (Lipinski definition) is 2. The third-order valence-electron chi connectivity index (χ3n) is 5.28. The molecule has 0 saturated carbocycles. The third-order valence-corrected chi connectivity index (χ3v) is 5.28. The molecule has 29 heavy (non-hydrogen) atoms. The lowest BCUT2D eigenvalue weighted by atomic mass is 9.94. The smallest absolute Gasteiger partial charge is 0.295 e. The minimum Gasteiger partial charge on any atom is -0.508 e. The average molecular weight is 395 g/mol. The molecule has 0 aromatic heterocycles. The molecule has 6 heteroatoms. The summed E-state index contributed by atoms with van der Waals surface area (Å²) in [5.41, 5.74) is 3.24. The number of likely N-dealkylation sites (tertiary alicyclic amines) is 1. The number of aromatic hydroxyl groups is 1. The van der Waals surface area contributed by atoms with Crippen molar-refractivity contribution < 1.29 is 24.5 Å². The summed E-state index contributed by atoms with van der Waals surface area (Å²) in [5, 5.41) is 20.6. The van der Waals surface area contributed by atoms with Crippen LogP contribution in [-0.4, -0.2) is 47.1 Å². The van der Waals surface area contributed by atoms with E-state index < -0.39 is 17.7 Å². The number of phenols is 1. The van der Waals surface area contributed by atoms with Gasteiger partial charge in [-0.3, -0.25) is 9.59 Å². The fourth-order valence-corrected chi connectivity index (χ4v) is 3.54. The van der Waals surface area contributed by atoms with Crippen molar-refractivity contribution in [1.82, 2.24) is 4.90 Å². The van der Waals surface area contributed by atoms with E-state index in [1.165, 1.54) is 17.0 Å². The Kier molecular flexibility index (Phi) is 6.03. The number of phenolic OH excluding ortho intramolecular Hbond substituents is 1. The van der Waals surface area contributed by atoms with Crippen molar-refractivity contribution in [2.24, 2.45) is 0 Å². The van der Waals surface area contributed by atoms with E-state index in [-0.39, 0.29) is 17.1 Å².